The summed E-state index contributed by atoms with van der Waals surface area (Å²) in [5.41, 5.74) is 0.963. The maximum absolute atomic E-state index is 10.1. The predicted octanol–water partition coefficient (Wildman–Crippen LogP) is 3.81. The van der Waals surface area contributed by atoms with Crippen LogP contribution in [0.2, 0.25) is 0 Å². The van der Waals surface area contributed by atoms with Crippen molar-refractivity contribution >= 4 is 21.6 Å². The van der Waals surface area contributed by atoms with Gasteiger partial charge in [-0.05, 0) is 40.4 Å². The standard InChI is InChI=1S/C15H22BrNO2/c1-19-13-6-7-14(16)15(9-13)17-10-12(18)8-11-4-2-3-5-11/h6-7,9,11-12,17-18H,2-5,8,10H2,1H3. The van der Waals surface area contributed by atoms with Gasteiger partial charge in [0.15, 0.2) is 0 Å². The first-order valence-electron chi connectivity index (χ1n) is 6.94. The zero-order valence-corrected chi connectivity index (χ0v) is 12.9. The van der Waals surface area contributed by atoms with Gasteiger partial charge in [-0.15, -0.1) is 0 Å². The molecule has 2 N–H and O–H groups in total. The van der Waals surface area contributed by atoms with E-state index in [1.54, 1.807) is 7.11 Å². The number of ether oxygens (including phenoxy) is 1. The number of aliphatic hydroxyl groups excluding tert-OH is 1. The first kappa shape index (κ1) is 14.7. The van der Waals surface area contributed by atoms with Gasteiger partial charge in [-0.2, -0.15) is 0 Å². The summed E-state index contributed by atoms with van der Waals surface area (Å²) in [4.78, 5) is 0. The maximum atomic E-state index is 10.1. The van der Waals surface area contributed by atoms with Crippen molar-refractivity contribution in [3.05, 3.63) is 22.7 Å². The van der Waals surface area contributed by atoms with E-state index in [0.717, 1.165) is 22.3 Å². The normalized spacial score (nSPS) is 17.4. The number of hydrogen-bond donors (Lipinski definition) is 2. The summed E-state index contributed by atoms with van der Waals surface area (Å²) in [5, 5.41) is 13.4. The van der Waals surface area contributed by atoms with Gasteiger partial charge in [0.2, 0.25) is 0 Å². The van der Waals surface area contributed by atoms with Crippen LogP contribution in [0.15, 0.2) is 22.7 Å². The highest BCUT2D eigenvalue weighted by Crippen LogP contribution is 2.30. The Kier molecular flexibility index (Phi) is 5.52. The summed E-state index contributed by atoms with van der Waals surface area (Å²) in [6.07, 6.45) is 5.84. The Hall–Kier alpha value is -0.740. The van der Waals surface area contributed by atoms with Gasteiger partial charge in [-0.3, -0.25) is 0 Å². The van der Waals surface area contributed by atoms with Crippen LogP contribution in [0, 0.1) is 5.92 Å². The summed E-state index contributed by atoms with van der Waals surface area (Å²) < 4.78 is 6.19. The van der Waals surface area contributed by atoms with Gasteiger partial charge in [0, 0.05) is 17.1 Å². The fraction of sp³-hybridized carbons (Fsp3) is 0.600. The highest BCUT2D eigenvalue weighted by atomic mass is 79.9. The topological polar surface area (TPSA) is 41.5 Å². The van der Waals surface area contributed by atoms with Crippen molar-refractivity contribution in [2.24, 2.45) is 5.92 Å². The molecule has 0 aliphatic heterocycles. The molecule has 1 aromatic rings. The van der Waals surface area contributed by atoms with Gasteiger partial charge < -0.3 is 15.2 Å². The van der Waals surface area contributed by atoms with Crippen molar-refractivity contribution in [1.29, 1.82) is 0 Å². The van der Waals surface area contributed by atoms with Gasteiger partial charge in [0.1, 0.15) is 5.75 Å². The number of methoxy groups -OCH3 is 1. The molecule has 0 bridgehead atoms. The Bertz CT molecular complexity index is 405. The van der Waals surface area contributed by atoms with Crippen molar-refractivity contribution < 1.29 is 9.84 Å². The second kappa shape index (κ2) is 7.15. The van der Waals surface area contributed by atoms with Crippen molar-refractivity contribution in [3.63, 3.8) is 0 Å². The van der Waals surface area contributed by atoms with Gasteiger partial charge in [0.25, 0.3) is 0 Å². The monoisotopic (exact) mass is 327 g/mol. The van der Waals surface area contributed by atoms with E-state index in [1.165, 1.54) is 25.7 Å². The quantitative estimate of drug-likeness (QED) is 0.834. The lowest BCUT2D eigenvalue weighted by Crippen LogP contribution is -2.22. The molecular formula is C15H22BrNO2. The van der Waals surface area contributed by atoms with Gasteiger partial charge >= 0.3 is 0 Å². The largest absolute Gasteiger partial charge is 0.497 e. The highest BCUT2D eigenvalue weighted by molar-refractivity contribution is 9.10. The van der Waals surface area contributed by atoms with Crippen molar-refractivity contribution in [3.8, 4) is 5.75 Å². The molecule has 1 aromatic carbocycles. The second-order valence-electron chi connectivity index (χ2n) is 5.27. The summed E-state index contributed by atoms with van der Waals surface area (Å²) in [7, 11) is 1.65. The van der Waals surface area contributed by atoms with Crippen LogP contribution >= 0.6 is 15.9 Å². The molecule has 1 atom stereocenters. The average molecular weight is 328 g/mol. The zero-order chi connectivity index (χ0) is 13.7. The number of hydrogen-bond acceptors (Lipinski definition) is 3. The zero-order valence-electron chi connectivity index (χ0n) is 11.4. The molecule has 2 rings (SSSR count). The number of benzene rings is 1. The molecule has 1 aliphatic carbocycles. The number of halogens is 1. The van der Waals surface area contributed by atoms with E-state index in [9.17, 15) is 5.11 Å². The van der Waals surface area contributed by atoms with Crippen LogP contribution in [0.4, 0.5) is 5.69 Å². The molecule has 0 saturated heterocycles. The molecule has 0 spiro atoms. The maximum Gasteiger partial charge on any atom is 0.121 e. The molecule has 1 aliphatic rings. The van der Waals surface area contributed by atoms with Crippen LogP contribution in [0.3, 0.4) is 0 Å². The third-order valence-electron chi connectivity index (χ3n) is 3.78. The molecule has 3 nitrogen and oxygen atoms in total. The van der Waals surface area contributed by atoms with Crippen LogP contribution < -0.4 is 10.1 Å². The van der Waals surface area contributed by atoms with E-state index >= 15 is 0 Å². The minimum Gasteiger partial charge on any atom is -0.497 e. The summed E-state index contributed by atoms with van der Waals surface area (Å²) >= 11 is 3.50. The van der Waals surface area contributed by atoms with Crippen LogP contribution in [-0.2, 0) is 0 Å². The van der Waals surface area contributed by atoms with E-state index in [1.807, 2.05) is 18.2 Å². The van der Waals surface area contributed by atoms with Crippen molar-refractivity contribution in [2.75, 3.05) is 19.0 Å². The smallest absolute Gasteiger partial charge is 0.121 e. The first-order chi connectivity index (χ1) is 9.19. The molecule has 0 heterocycles. The lowest BCUT2D eigenvalue weighted by molar-refractivity contribution is 0.155. The molecule has 19 heavy (non-hydrogen) atoms. The van der Waals surface area contributed by atoms with Crippen LogP contribution in [-0.4, -0.2) is 24.9 Å². The number of rotatable bonds is 6. The van der Waals surface area contributed by atoms with Crippen molar-refractivity contribution in [2.45, 2.75) is 38.2 Å². The Morgan fingerprint density at radius 1 is 1.42 bits per heavy atom. The fourth-order valence-electron chi connectivity index (χ4n) is 2.71. The fourth-order valence-corrected chi connectivity index (χ4v) is 3.10. The SMILES string of the molecule is COc1ccc(Br)c(NCC(O)CC2CCCC2)c1. The van der Waals surface area contributed by atoms with Crippen LogP contribution in [0.25, 0.3) is 0 Å². The molecule has 0 aromatic heterocycles. The van der Waals surface area contributed by atoms with Crippen LogP contribution in [0.1, 0.15) is 32.1 Å². The summed E-state index contributed by atoms with van der Waals surface area (Å²) in [6, 6.07) is 5.79. The summed E-state index contributed by atoms with van der Waals surface area (Å²) in [5.74, 6) is 1.53. The van der Waals surface area contributed by atoms with Gasteiger partial charge in [0.05, 0.1) is 18.9 Å². The van der Waals surface area contributed by atoms with Crippen LogP contribution in [0.5, 0.6) is 5.75 Å². The first-order valence-corrected chi connectivity index (χ1v) is 7.74. The predicted molar refractivity (Wildman–Crippen MR) is 81.8 cm³/mol. The molecule has 0 amide bonds. The Balaban J connectivity index is 1.83. The Morgan fingerprint density at radius 3 is 2.84 bits per heavy atom. The third-order valence-corrected chi connectivity index (χ3v) is 4.47. The molecule has 1 unspecified atom stereocenters. The number of nitrogens with one attached hydrogen (secondary N) is 1. The Labute approximate surface area is 123 Å². The van der Waals surface area contributed by atoms with E-state index in [4.69, 9.17) is 4.74 Å². The molecule has 4 heteroatoms. The molecular weight excluding hydrogens is 306 g/mol. The van der Waals surface area contributed by atoms with E-state index in [-0.39, 0.29) is 6.10 Å². The minimum atomic E-state index is -0.277. The number of anilines is 1. The molecule has 106 valence electrons. The average Bonchev–Trinajstić information content (AvgIpc) is 2.90. The molecule has 1 saturated carbocycles. The lowest BCUT2D eigenvalue weighted by atomic mass is 10.00. The molecule has 0 radical (unpaired) electrons. The van der Waals surface area contributed by atoms with Gasteiger partial charge in [-0.1, -0.05) is 25.7 Å². The van der Waals surface area contributed by atoms with E-state index in [0.29, 0.717) is 12.5 Å². The van der Waals surface area contributed by atoms with Crippen molar-refractivity contribution in [1.82, 2.24) is 0 Å². The summed E-state index contributed by atoms with van der Waals surface area (Å²) in [6.45, 7) is 0.586. The second-order valence-corrected chi connectivity index (χ2v) is 6.12. The van der Waals surface area contributed by atoms with E-state index < -0.39 is 0 Å². The number of aliphatic hydroxyl groups is 1. The Morgan fingerprint density at radius 2 is 2.16 bits per heavy atom. The third kappa shape index (κ3) is 4.39. The highest BCUT2D eigenvalue weighted by Gasteiger charge is 2.18. The molecule has 1 fully saturated rings. The van der Waals surface area contributed by atoms with E-state index in [2.05, 4.69) is 21.2 Å². The van der Waals surface area contributed by atoms with Gasteiger partial charge in [-0.25, -0.2) is 0 Å². The minimum absolute atomic E-state index is 0.277. The lowest BCUT2D eigenvalue weighted by Gasteiger charge is -2.17.